The van der Waals surface area contributed by atoms with Crippen LogP contribution in [0.15, 0.2) is 18.2 Å². The molecule has 3 rings (SSSR count). The smallest absolute Gasteiger partial charge is 0.409 e. The van der Waals surface area contributed by atoms with Crippen LogP contribution in [0.5, 0.6) is 5.75 Å². The maximum absolute atomic E-state index is 12.6. The maximum atomic E-state index is 12.6. The molecule has 118 valence electrons. The minimum atomic E-state index is -0.330. The monoisotopic (exact) mass is 304 g/mol. The Labute approximate surface area is 129 Å². The predicted molar refractivity (Wildman–Crippen MR) is 80.1 cm³/mol. The molecule has 0 N–H and O–H groups in total. The van der Waals surface area contributed by atoms with Crippen LogP contribution < -0.4 is 4.74 Å². The Bertz CT molecular complexity index is 588. The van der Waals surface area contributed by atoms with Crippen LogP contribution in [-0.4, -0.2) is 61.7 Å². The summed E-state index contributed by atoms with van der Waals surface area (Å²) < 4.78 is 10.2. The van der Waals surface area contributed by atoms with Crippen molar-refractivity contribution in [3.05, 3.63) is 29.3 Å². The third-order valence-corrected chi connectivity index (χ3v) is 4.15. The fourth-order valence-electron chi connectivity index (χ4n) is 2.93. The molecule has 1 saturated heterocycles. The average molecular weight is 304 g/mol. The van der Waals surface area contributed by atoms with Gasteiger partial charge in [0, 0.05) is 38.2 Å². The number of rotatable bonds is 1. The summed E-state index contributed by atoms with van der Waals surface area (Å²) in [5.41, 5.74) is 1.78. The Morgan fingerprint density at radius 1 is 1.14 bits per heavy atom. The van der Waals surface area contributed by atoms with Crippen molar-refractivity contribution >= 4 is 12.0 Å². The van der Waals surface area contributed by atoms with Crippen molar-refractivity contribution in [2.45, 2.75) is 12.8 Å². The summed E-state index contributed by atoms with van der Waals surface area (Å²) in [4.78, 5) is 27.7. The molecule has 2 heterocycles. The first kappa shape index (κ1) is 14.7. The SMILES string of the molecule is COC(=O)N1CCCN(C(=O)c2ccc3c(c2)CCO3)CC1. The quantitative estimate of drug-likeness (QED) is 0.789. The number of methoxy groups -OCH3 is 1. The number of carbonyl (C=O) groups is 2. The van der Waals surface area contributed by atoms with Gasteiger partial charge in [-0.2, -0.15) is 0 Å². The summed E-state index contributed by atoms with van der Waals surface area (Å²) in [5.74, 6) is 0.894. The number of hydrogen-bond acceptors (Lipinski definition) is 4. The van der Waals surface area contributed by atoms with Crippen molar-refractivity contribution in [2.75, 3.05) is 39.9 Å². The van der Waals surface area contributed by atoms with Gasteiger partial charge in [0.15, 0.2) is 0 Å². The fraction of sp³-hybridized carbons (Fsp3) is 0.500. The predicted octanol–water partition coefficient (Wildman–Crippen LogP) is 1.54. The molecule has 2 amide bonds. The van der Waals surface area contributed by atoms with Crippen molar-refractivity contribution in [3.63, 3.8) is 0 Å². The zero-order valence-electron chi connectivity index (χ0n) is 12.7. The molecule has 0 atom stereocenters. The number of benzene rings is 1. The van der Waals surface area contributed by atoms with Crippen LogP contribution >= 0.6 is 0 Å². The highest BCUT2D eigenvalue weighted by atomic mass is 16.5. The molecule has 6 heteroatoms. The van der Waals surface area contributed by atoms with Gasteiger partial charge in [0.25, 0.3) is 5.91 Å². The van der Waals surface area contributed by atoms with E-state index in [2.05, 4.69) is 0 Å². The van der Waals surface area contributed by atoms with Gasteiger partial charge in [-0.15, -0.1) is 0 Å². The molecule has 0 aliphatic carbocycles. The number of fused-ring (bicyclic) bond motifs is 1. The van der Waals surface area contributed by atoms with E-state index >= 15 is 0 Å². The summed E-state index contributed by atoms with van der Waals surface area (Å²) in [6.07, 6.45) is 1.28. The van der Waals surface area contributed by atoms with Gasteiger partial charge < -0.3 is 19.3 Å². The first-order valence-corrected chi connectivity index (χ1v) is 7.57. The summed E-state index contributed by atoms with van der Waals surface area (Å²) in [5, 5.41) is 0. The van der Waals surface area contributed by atoms with Crippen molar-refractivity contribution < 1.29 is 19.1 Å². The topological polar surface area (TPSA) is 59.1 Å². The van der Waals surface area contributed by atoms with E-state index in [0.717, 1.165) is 24.2 Å². The van der Waals surface area contributed by atoms with Crippen LogP contribution in [0, 0.1) is 0 Å². The zero-order valence-corrected chi connectivity index (χ0v) is 12.7. The van der Waals surface area contributed by atoms with Gasteiger partial charge >= 0.3 is 6.09 Å². The van der Waals surface area contributed by atoms with Gasteiger partial charge in [-0.1, -0.05) is 0 Å². The van der Waals surface area contributed by atoms with Crippen molar-refractivity contribution in [2.24, 2.45) is 0 Å². The molecule has 0 saturated carbocycles. The van der Waals surface area contributed by atoms with Gasteiger partial charge in [-0.05, 0) is 30.2 Å². The molecule has 0 unspecified atom stereocenters. The van der Waals surface area contributed by atoms with Gasteiger partial charge in [0.05, 0.1) is 13.7 Å². The highest BCUT2D eigenvalue weighted by Crippen LogP contribution is 2.26. The van der Waals surface area contributed by atoms with E-state index in [9.17, 15) is 9.59 Å². The van der Waals surface area contributed by atoms with E-state index in [1.54, 1.807) is 9.80 Å². The fourth-order valence-corrected chi connectivity index (χ4v) is 2.93. The van der Waals surface area contributed by atoms with Crippen molar-refractivity contribution in [1.82, 2.24) is 9.80 Å². The molecule has 1 fully saturated rings. The van der Waals surface area contributed by atoms with Crippen molar-refractivity contribution in [3.8, 4) is 5.75 Å². The summed E-state index contributed by atoms with van der Waals surface area (Å²) in [7, 11) is 1.38. The number of hydrogen-bond donors (Lipinski definition) is 0. The maximum Gasteiger partial charge on any atom is 0.409 e. The Morgan fingerprint density at radius 3 is 2.73 bits per heavy atom. The van der Waals surface area contributed by atoms with E-state index < -0.39 is 0 Å². The third kappa shape index (κ3) is 2.86. The molecular formula is C16H20N2O4. The normalized spacial score (nSPS) is 17.5. The highest BCUT2D eigenvalue weighted by molar-refractivity contribution is 5.94. The lowest BCUT2D eigenvalue weighted by molar-refractivity contribution is 0.0757. The third-order valence-electron chi connectivity index (χ3n) is 4.15. The van der Waals surface area contributed by atoms with E-state index in [1.807, 2.05) is 18.2 Å². The first-order valence-electron chi connectivity index (χ1n) is 7.57. The van der Waals surface area contributed by atoms with Crippen LogP contribution in [0.2, 0.25) is 0 Å². The minimum absolute atomic E-state index is 0.0152. The highest BCUT2D eigenvalue weighted by Gasteiger charge is 2.24. The molecule has 0 spiro atoms. The van der Waals surface area contributed by atoms with Crippen LogP contribution in [-0.2, 0) is 11.2 Å². The number of ether oxygens (including phenoxy) is 2. The standard InChI is InChI=1S/C16H20N2O4/c1-21-16(20)18-7-2-6-17(8-9-18)15(19)13-3-4-14-12(11-13)5-10-22-14/h3-4,11H,2,5-10H2,1H3. The molecule has 0 bridgehead atoms. The summed E-state index contributed by atoms with van der Waals surface area (Å²) in [6.45, 7) is 2.99. The van der Waals surface area contributed by atoms with Crippen molar-refractivity contribution in [1.29, 1.82) is 0 Å². The van der Waals surface area contributed by atoms with Gasteiger partial charge in [-0.3, -0.25) is 4.79 Å². The average Bonchev–Trinajstić information content (AvgIpc) is 2.88. The van der Waals surface area contributed by atoms with Gasteiger partial charge in [0.2, 0.25) is 0 Å². The Hall–Kier alpha value is -2.24. The second kappa shape index (κ2) is 6.25. The van der Waals surface area contributed by atoms with E-state index in [-0.39, 0.29) is 12.0 Å². The lowest BCUT2D eigenvalue weighted by atomic mass is 10.1. The molecule has 2 aliphatic rings. The number of amides is 2. The first-order chi connectivity index (χ1) is 10.7. The van der Waals surface area contributed by atoms with E-state index in [0.29, 0.717) is 38.3 Å². The van der Waals surface area contributed by atoms with Gasteiger partial charge in [-0.25, -0.2) is 4.79 Å². The lowest BCUT2D eigenvalue weighted by Crippen LogP contribution is -2.37. The second-order valence-electron chi connectivity index (χ2n) is 5.52. The molecule has 0 radical (unpaired) electrons. The summed E-state index contributed by atoms with van der Waals surface area (Å²) in [6, 6.07) is 5.61. The zero-order chi connectivity index (χ0) is 15.5. The molecule has 6 nitrogen and oxygen atoms in total. The molecule has 0 aromatic heterocycles. The molecule has 1 aromatic rings. The van der Waals surface area contributed by atoms with E-state index in [1.165, 1.54) is 7.11 Å². The Kier molecular flexibility index (Phi) is 4.18. The largest absolute Gasteiger partial charge is 0.493 e. The van der Waals surface area contributed by atoms with E-state index in [4.69, 9.17) is 9.47 Å². The number of carbonyl (C=O) groups excluding carboxylic acids is 2. The minimum Gasteiger partial charge on any atom is -0.493 e. The van der Waals surface area contributed by atoms with Crippen LogP contribution in [0.1, 0.15) is 22.3 Å². The Balaban J connectivity index is 1.69. The Morgan fingerprint density at radius 2 is 1.91 bits per heavy atom. The van der Waals surface area contributed by atoms with Crippen LogP contribution in [0.4, 0.5) is 4.79 Å². The molecule has 2 aliphatic heterocycles. The lowest BCUT2D eigenvalue weighted by Gasteiger charge is -2.21. The molecule has 22 heavy (non-hydrogen) atoms. The van der Waals surface area contributed by atoms with Gasteiger partial charge in [0.1, 0.15) is 5.75 Å². The van der Waals surface area contributed by atoms with Crippen LogP contribution in [0.25, 0.3) is 0 Å². The molecule has 1 aromatic carbocycles. The second-order valence-corrected chi connectivity index (χ2v) is 5.52. The molecular weight excluding hydrogens is 284 g/mol. The summed E-state index contributed by atoms with van der Waals surface area (Å²) >= 11 is 0. The van der Waals surface area contributed by atoms with Crippen LogP contribution in [0.3, 0.4) is 0 Å². The number of nitrogens with zero attached hydrogens (tertiary/aromatic N) is 2.